The van der Waals surface area contributed by atoms with Gasteiger partial charge in [0.05, 0.1) is 18.9 Å². The number of amides is 3. The Morgan fingerprint density at radius 1 is 0.974 bits per heavy atom. The number of nitrogens with one attached hydrogen (secondary N) is 1. The lowest BCUT2D eigenvalue weighted by molar-refractivity contribution is 0.0303. The Bertz CT molecular complexity index is 1310. The van der Waals surface area contributed by atoms with E-state index in [9.17, 15) is 9.59 Å². The first-order valence-electron chi connectivity index (χ1n) is 13.7. The van der Waals surface area contributed by atoms with Gasteiger partial charge in [-0.05, 0) is 60.2 Å². The second-order valence-electron chi connectivity index (χ2n) is 10.5. The molecule has 1 aromatic heterocycles. The summed E-state index contributed by atoms with van der Waals surface area (Å²) in [6.07, 6.45) is 12.5. The van der Waals surface area contributed by atoms with Gasteiger partial charge in [0, 0.05) is 66.6 Å². The summed E-state index contributed by atoms with van der Waals surface area (Å²) < 4.78 is 5.39. The molecule has 4 aliphatic rings. The van der Waals surface area contributed by atoms with E-state index in [1.165, 1.54) is 24.0 Å². The van der Waals surface area contributed by atoms with E-state index in [0.717, 1.165) is 48.1 Å². The number of morpholine rings is 1. The molecule has 2 aliphatic heterocycles. The van der Waals surface area contributed by atoms with Gasteiger partial charge in [-0.25, -0.2) is 4.79 Å². The fourth-order valence-electron chi connectivity index (χ4n) is 5.92. The molecule has 0 spiro atoms. The zero-order valence-electron chi connectivity index (χ0n) is 21.5. The number of ether oxygens (including phenoxy) is 1. The number of aromatic nitrogens is 1. The van der Waals surface area contributed by atoms with Crippen molar-refractivity contribution in [2.75, 3.05) is 39.4 Å². The van der Waals surface area contributed by atoms with E-state index < -0.39 is 0 Å². The quantitative estimate of drug-likeness (QED) is 0.594. The molecule has 1 saturated heterocycles. The molecule has 3 amide bonds. The van der Waals surface area contributed by atoms with E-state index in [0.29, 0.717) is 56.0 Å². The van der Waals surface area contributed by atoms with E-state index in [4.69, 9.17) is 21.3 Å². The van der Waals surface area contributed by atoms with Crippen molar-refractivity contribution in [2.45, 2.75) is 44.6 Å². The summed E-state index contributed by atoms with van der Waals surface area (Å²) in [4.78, 5) is 34.3. The maximum Gasteiger partial charge on any atom is 0.317 e. The van der Waals surface area contributed by atoms with Gasteiger partial charge in [0.25, 0.3) is 5.91 Å². The number of rotatable bonds is 4. The number of fused-ring (bicyclic) bond motifs is 1. The van der Waals surface area contributed by atoms with Gasteiger partial charge in [0.2, 0.25) is 0 Å². The molecule has 7 nitrogen and oxygen atoms in total. The molecule has 0 radical (unpaired) electrons. The van der Waals surface area contributed by atoms with Crippen LogP contribution >= 0.6 is 11.6 Å². The second-order valence-corrected chi connectivity index (χ2v) is 11.0. The molecule has 2 aromatic rings. The lowest BCUT2D eigenvalue weighted by atomic mass is 9.94. The first-order valence-corrected chi connectivity index (χ1v) is 14.1. The molecule has 1 N–H and O–H groups in total. The van der Waals surface area contributed by atoms with Crippen LogP contribution in [0, 0.1) is 0 Å². The lowest BCUT2D eigenvalue weighted by Gasteiger charge is -2.28. The Morgan fingerprint density at radius 2 is 1.79 bits per heavy atom. The zero-order valence-corrected chi connectivity index (χ0v) is 22.3. The first kappa shape index (κ1) is 25.1. The third-order valence-electron chi connectivity index (χ3n) is 8.06. The molecule has 198 valence electrons. The number of carbonyl (C=O) groups excluding carboxylic acids is 2. The molecule has 1 aromatic carbocycles. The van der Waals surface area contributed by atoms with Crippen LogP contribution in [-0.2, 0) is 11.2 Å². The summed E-state index contributed by atoms with van der Waals surface area (Å²) >= 11 is 6.47. The number of nitrogens with zero attached hydrogens (tertiary/aromatic N) is 3. The van der Waals surface area contributed by atoms with Crippen LogP contribution in [0.4, 0.5) is 4.79 Å². The fraction of sp³-hybridized carbons (Fsp3) is 0.433. The molecule has 0 atom stereocenters. The number of urea groups is 1. The van der Waals surface area contributed by atoms with Crippen molar-refractivity contribution in [2.24, 2.45) is 0 Å². The van der Waals surface area contributed by atoms with Gasteiger partial charge < -0.3 is 19.9 Å². The minimum atomic E-state index is -0.0272. The van der Waals surface area contributed by atoms with Crippen LogP contribution in [0.2, 0.25) is 5.02 Å². The van der Waals surface area contributed by atoms with Crippen molar-refractivity contribution in [3.8, 4) is 11.1 Å². The number of hydrogen-bond donors (Lipinski definition) is 1. The Balaban J connectivity index is 1.19. The molecule has 8 heteroatoms. The maximum atomic E-state index is 13.1. The average molecular weight is 533 g/mol. The highest BCUT2D eigenvalue weighted by atomic mass is 35.5. The zero-order chi connectivity index (χ0) is 26.1. The van der Waals surface area contributed by atoms with Crippen LogP contribution < -0.4 is 5.32 Å². The third kappa shape index (κ3) is 5.22. The minimum absolute atomic E-state index is 0.0272. The molecule has 0 unspecified atom stereocenters. The summed E-state index contributed by atoms with van der Waals surface area (Å²) in [5.41, 5.74) is 7.04. The minimum Gasteiger partial charge on any atom is -0.378 e. The maximum absolute atomic E-state index is 13.1. The standard InChI is InChI=1S/C30H33ClN4O3/c31-24-16-21(15-22(17-24)29(36)34-11-13-38-14-12-34)23-18-27-26(5-6-28(27)32-19-23)20-7-9-35(10-8-20)30(37)33-25-3-1-2-4-25/h5,7,15-19,25H,1-4,6,8-14H2,(H,33,37). The van der Waals surface area contributed by atoms with Crippen molar-refractivity contribution in [1.82, 2.24) is 20.1 Å². The SMILES string of the molecule is O=C(NC1CCCC1)N1CC=C(C2=CCc3ncc(-c4cc(Cl)cc(C(=O)N5CCOCC5)c4)cc32)CC1. The van der Waals surface area contributed by atoms with Crippen LogP contribution in [-0.4, -0.2) is 72.2 Å². The summed E-state index contributed by atoms with van der Waals surface area (Å²) in [6, 6.07) is 8.08. The molecule has 1 saturated carbocycles. The molecule has 2 fully saturated rings. The van der Waals surface area contributed by atoms with Gasteiger partial charge in [-0.15, -0.1) is 0 Å². The molecular formula is C30H33ClN4O3. The van der Waals surface area contributed by atoms with Gasteiger partial charge in [0.15, 0.2) is 0 Å². The van der Waals surface area contributed by atoms with Crippen molar-refractivity contribution >= 4 is 29.1 Å². The molecule has 0 bridgehead atoms. The van der Waals surface area contributed by atoms with Gasteiger partial charge in [-0.2, -0.15) is 0 Å². The van der Waals surface area contributed by atoms with Crippen molar-refractivity contribution in [1.29, 1.82) is 0 Å². The topological polar surface area (TPSA) is 74.8 Å². The highest BCUT2D eigenvalue weighted by Gasteiger charge is 2.26. The Kier molecular flexibility index (Phi) is 7.22. The number of halogens is 1. The second kappa shape index (κ2) is 10.9. The lowest BCUT2D eigenvalue weighted by Crippen LogP contribution is -2.45. The highest BCUT2D eigenvalue weighted by Crippen LogP contribution is 2.37. The Labute approximate surface area is 228 Å². The van der Waals surface area contributed by atoms with Crippen LogP contribution in [0.5, 0.6) is 0 Å². The van der Waals surface area contributed by atoms with Crippen LogP contribution in [0.25, 0.3) is 16.7 Å². The van der Waals surface area contributed by atoms with E-state index in [2.05, 4.69) is 23.5 Å². The summed E-state index contributed by atoms with van der Waals surface area (Å²) in [7, 11) is 0. The number of hydrogen-bond acceptors (Lipinski definition) is 4. The highest BCUT2D eigenvalue weighted by molar-refractivity contribution is 6.31. The number of allylic oxidation sites excluding steroid dienone is 2. The average Bonchev–Trinajstić information content (AvgIpc) is 3.62. The summed E-state index contributed by atoms with van der Waals surface area (Å²) in [6.45, 7) is 3.62. The van der Waals surface area contributed by atoms with Crippen molar-refractivity contribution in [3.63, 3.8) is 0 Å². The number of pyridine rings is 1. The number of benzene rings is 1. The monoisotopic (exact) mass is 532 g/mol. The van der Waals surface area contributed by atoms with Crippen LogP contribution in [0.1, 0.15) is 53.7 Å². The van der Waals surface area contributed by atoms with Crippen molar-refractivity contribution in [3.05, 3.63) is 70.0 Å². The van der Waals surface area contributed by atoms with Crippen LogP contribution in [0.15, 0.2) is 48.2 Å². The smallest absolute Gasteiger partial charge is 0.317 e. The van der Waals surface area contributed by atoms with Crippen LogP contribution in [0.3, 0.4) is 0 Å². The predicted molar refractivity (Wildman–Crippen MR) is 148 cm³/mol. The Hall–Kier alpha value is -3.16. The Morgan fingerprint density at radius 3 is 2.55 bits per heavy atom. The molecule has 3 heterocycles. The van der Waals surface area contributed by atoms with E-state index >= 15 is 0 Å². The number of carbonyl (C=O) groups is 2. The predicted octanol–water partition coefficient (Wildman–Crippen LogP) is 5.10. The molecule has 2 aliphatic carbocycles. The van der Waals surface area contributed by atoms with Gasteiger partial charge in [0.1, 0.15) is 0 Å². The van der Waals surface area contributed by atoms with E-state index in [-0.39, 0.29) is 11.9 Å². The fourth-order valence-corrected chi connectivity index (χ4v) is 6.16. The normalized spacial score (nSPS) is 19.7. The van der Waals surface area contributed by atoms with Gasteiger partial charge in [-0.3, -0.25) is 9.78 Å². The van der Waals surface area contributed by atoms with Gasteiger partial charge >= 0.3 is 6.03 Å². The van der Waals surface area contributed by atoms with E-state index in [1.807, 2.05) is 28.1 Å². The molecular weight excluding hydrogens is 500 g/mol. The first-order chi connectivity index (χ1) is 18.5. The van der Waals surface area contributed by atoms with E-state index in [1.54, 1.807) is 6.07 Å². The summed E-state index contributed by atoms with van der Waals surface area (Å²) in [5.74, 6) is -0.0272. The molecule has 6 rings (SSSR count). The largest absolute Gasteiger partial charge is 0.378 e. The molecule has 38 heavy (non-hydrogen) atoms. The van der Waals surface area contributed by atoms with Crippen molar-refractivity contribution < 1.29 is 14.3 Å². The summed E-state index contributed by atoms with van der Waals surface area (Å²) in [5, 5.41) is 3.73. The third-order valence-corrected chi connectivity index (χ3v) is 8.28. The van der Waals surface area contributed by atoms with Gasteiger partial charge in [-0.1, -0.05) is 36.6 Å².